The number of aryl methyl sites for hydroxylation is 3. The second-order valence-electron chi connectivity index (χ2n) is 6.01. The molecule has 0 amide bonds. The van der Waals surface area contributed by atoms with Crippen LogP contribution in [0.2, 0.25) is 0 Å². The standard InChI is InChI=1S/C20H20FN3O/c1-13-7-8-18(9-14(13)2)23-20-22-15(3)10-19(24-20)25-12-16-5-4-6-17(21)11-16/h4-11H,12H2,1-3H3,(H,22,23,24). The number of halogens is 1. The van der Waals surface area contributed by atoms with Crippen molar-refractivity contribution in [1.29, 1.82) is 0 Å². The van der Waals surface area contributed by atoms with Crippen LogP contribution < -0.4 is 10.1 Å². The third kappa shape index (κ3) is 4.53. The van der Waals surface area contributed by atoms with Crippen molar-refractivity contribution >= 4 is 11.6 Å². The van der Waals surface area contributed by atoms with Crippen LogP contribution in [0.3, 0.4) is 0 Å². The van der Waals surface area contributed by atoms with Crippen molar-refractivity contribution < 1.29 is 9.13 Å². The maximum Gasteiger partial charge on any atom is 0.230 e. The number of benzene rings is 2. The van der Waals surface area contributed by atoms with E-state index >= 15 is 0 Å². The summed E-state index contributed by atoms with van der Waals surface area (Å²) < 4.78 is 18.9. The summed E-state index contributed by atoms with van der Waals surface area (Å²) in [5, 5.41) is 3.20. The second kappa shape index (κ2) is 7.30. The molecule has 0 spiro atoms. The quantitative estimate of drug-likeness (QED) is 0.722. The van der Waals surface area contributed by atoms with Crippen LogP contribution in [0.25, 0.3) is 0 Å². The first kappa shape index (κ1) is 16.9. The highest BCUT2D eigenvalue weighted by Gasteiger charge is 2.06. The van der Waals surface area contributed by atoms with Crippen LogP contribution in [0.4, 0.5) is 16.0 Å². The van der Waals surface area contributed by atoms with E-state index in [-0.39, 0.29) is 12.4 Å². The van der Waals surface area contributed by atoms with E-state index in [2.05, 4.69) is 35.2 Å². The fourth-order valence-electron chi connectivity index (χ4n) is 2.40. The minimum atomic E-state index is -0.280. The van der Waals surface area contributed by atoms with Gasteiger partial charge in [0.2, 0.25) is 11.8 Å². The van der Waals surface area contributed by atoms with Crippen LogP contribution in [0, 0.1) is 26.6 Å². The van der Waals surface area contributed by atoms with Crippen LogP contribution in [0.15, 0.2) is 48.5 Å². The molecule has 0 aliphatic heterocycles. The van der Waals surface area contributed by atoms with E-state index in [0.717, 1.165) is 16.9 Å². The van der Waals surface area contributed by atoms with Gasteiger partial charge in [-0.2, -0.15) is 4.98 Å². The highest BCUT2D eigenvalue weighted by atomic mass is 19.1. The van der Waals surface area contributed by atoms with Gasteiger partial charge in [-0.05, 0) is 61.7 Å². The van der Waals surface area contributed by atoms with Crippen LogP contribution in [0.5, 0.6) is 5.88 Å². The van der Waals surface area contributed by atoms with E-state index in [1.165, 1.54) is 23.3 Å². The van der Waals surface area contributed by atoms with Gasteiger partial charge in [-0.25, -0.2) is 9.37 Å². The van der Waals surface area contributed by atoms with Crippen molar-refractivity contribution in [1.82, 2.24) is 9.97 Å². The Morgan fingerprint density at radius 3 is 2.56 bits per heavy atom. The minimum Gasteiger partial charge on any atom is -0.473 e. The van der Waals surface area contributed by atoms with Gasteiger partial charge < -0.3 is 10.1 Å². The molecule has 0 saturated carbocycles. The Hall–Kier alpha value is -2.95. The molecule has 128 valence electrons. The van der Waals surface area contributed by atoms with E-state index in [1.54, 1.807) is 12.1 Å². The molecule has 0 aliphatic carbocycles. The van der Waals surface area contributed by atoms with Crippen molar-refractivity contribution in [2.45, 2.75) is 27.4 Å². The Morgan fingerprint density at radius 2 is 1.80 bits per heavy atom. The van der Waals surface area contributed by atoms with Gasteiger partial charge in [-0.1, -0.05) is 18.2 Å². The first-order valence-electron chi connectivity index (χ1n) is 8.07. The molecule has 3 rings (SSSR count). The fraction of sp³-hybridized carbons (Fsp3) is 0.200. The molecular weight excluding hydrogens is 317 g/mol. The molecule has 1 N–H and O–H groups in total. The van der Waals surface area contributed by atoms with Crippen LogP contribution in [0.1, 0.15) is 22.4 Å². The summed E-state index contributed by atoms with van der Waals surface area (Å²) in [5.41, 5.74) is 4.88. The van der Waals surface area contributed by atoms with Crippen molar-refractivity contribution in [3.63, 3.8) is 0 Å². The van der Waals surface area contributed by atoms with Gasteiger partial charge in [0, 0.05) is 17.4 Å². The average molecular weight is 337 g/mol. The summed E-state index contributed by atoms with van der Waals surface area (Å²) in [6.45, 7) is 6.26. The van der Waals surface area contributed by atoms with Crippen LogP contribution in [-0.4, -0.2) is 9.97 Å². The molecule has 0 atom stereocenters. The largest absolute Gasteiger partial charge is 0.473 e. The third-order valence-corrected chi connectivity index (χ3v) is 3.87. The molecule has 5 heteroatoms. The predicted molar refractivity (Wildman–Crippen MR) is 96.7 cm³/mol. The zero-order valence-electron chi connectivity index (χ0n) is 14.5. The molecule has 0 fully saturated rings. The maximum absolute atomic E-state index is 13.2. The SMILES string of the molecule is Cc1cc(OCc2cccc(F)c2)nc(Nc2ccc(C)c(C)c2)n1. The molecule has 0 bridgehead atoms. The number of nitrogens with zero attached hydrogens (tertiary/aromatic N) is 2. The number of aromatic nitrogens is 2. The van der Waals surface area contributed by atoms with Gasteiger partial charge in [0.05, 0.1) is 0 Å². The van der Waals surface area contributed by atoms with E-state index < -0.39 is 0 Å². The number of anilines is 2. The van der Waals surface area contributed by atoms with Crippen LogP contribution >= 0.6 is 0 Å². The lowest BCUT2D eigenvalue weighted by Gasteiger charge is -2.11. The third-order valence-electron chi connectivity index (χ3n) is 3.87. The first-order chi connectivity index (χ1) is 12.0. The van der Waals surface area contributed by atoms with E-state index in [1.807, 2.05) is 25.1 Å². The molecule has 0 unspecified atom stereocenters. The van der Waals surface area contributed by atoms with Crippen molar-refractivity contribution in [3.05, 3.63) is 76.7 Å². The molecule has 0 aliphatic rings. The fourth-order valence-corrected chi connectivity index (χ4v) is 2.40. The number of ether oxygens (including phenoxy) is 1. The molecule has 4 nitrogen and oxygen atoms in total. The van der Waals surface area contributed by atoms with Crippen LogP contribution in [-0.2, 0) is 6.61 Å². The van der Waals surface area contributed by atoms with Gasteiger partial charge in [0.15, 0.2) is 0 Å². The van der Waals surface area contributed by atoms with Crippen molar-refractivity contribution in [2.75, 3.05) is 5.32 Å². The van der Waals surface area contributed by atoms with Gasteiger partial charge >= 0.3 is 0 Å². The minimum absolute atomic E-state index is 0.247. The Bertz CT molecular complexity index is 896. The first-order valence-corrected chi connectivity index (χ1v) is 8.07. The maximum atomic E-state index is 13.2. The number of hydrogen-bond acceptors (Lipinski definition) is 4. The molecule has 25 heavy (non-hydrogen) atoms. The summed E-state index contributed by atoms with van der Waals surface area (Å²) in [6.07, 6.45) is 0. The lowest BCUT2D eigenvalue weighted by Crippen LogP contribution is -2.03. The summed E-state index contributed by atoms with van der Waals surface area (Å²) in [5.74, 6) is 0.637. The topological polar surface area (TPSA) is 47.0 Å². The second-order valence-corrected chi connectivity index (χ2v) is 6.01. The molecule has 0 radical (unpaired) electrons. The highest BCUT2D eigenvalue weighted by Crippen LogP contribution is 2.20. The number of hydrogen-bond donors (Lipinski definition) is 1. The molecule has 3 aromatic rings. The summed E-state index contributed by atoms with van der Waals surface area (Å²) in [4.78, 5) is 8.77. The summed E-state index contributed by atoms with van der Waals surface area (Å²) in [6, 6.07) is 14.2. The Morgan fingerprint density at radius 1 is 0.960 bits per heavy atom. The highest BCUT2D eigenvalue weighted by molar-refractivity contribution is 5.56. The van der Waals surface area contributed by atoms with E-state index in [9.17, 15) is 4.39 Å². The zero-order chi connectivity index (χ0) is 17.8. The average Bonchev–Trinajstić information content (AvgIpc) is 2.56. The van der Waals surface area contributed by atoms with E-state index in [4.69, 9.17) is 4.74 Å². The molecule has 1 heterocycles. The predicted octanol–water partition coefficient (Wildman–Crippen LogP) is 4.86. The smallest absolute Gasteiger partial charge is 0.230 e. The summed E-state index contributed by atoms with van der Waals surface area (Å²) in [7, 11) is 0. The molecule has 0 saturated heterocycles. The zero-order valence-corrected chi connectivity index (χ0v) is 14.5. The van der Waals surface area contributed by atoms with E-state index in [0.29, 0.717) is 11.8 Å². The Labute approximate surface area is 146 Å². The number of rotatable bonds is 5. The van der Waals surface area contributed by atoms with Crippen molar-refractivity contribution in [3.8, 4) is 5.88 Å². The summed E-state index contributed by atoms with van der Waals surface area (Å²) >= 11 is 0. The Balaban J connectivity index is 1.74. The molecule has 1 aromatic heterocycles. The van der Waals surface area contributed by atoms with Gasteiger partial charge in [-0.3, -0.25) is 0 Å². The normalized spacial score (nSPS) is 10.6. The molecular formula is C20H20FN3O. The lowest BCUT2D eigenvalue weighted by molar-refractivity contribution is 0.293. The van der Waals surface area contributed by atoms with Gasteiger partial charge in [0.1, 0.15) is 12.4 Å². The monoisotopic (exact) mass is 337 g/mol. The van der Waals surface area contributed by atoms with Crippen molar-refractivity contribution in [2.24, 2.45) is 0 Å². The van der Waals surface area contributed by atoms with Gasteiger partial charge in [-0.15, -0.1) is 0 Å². The molecule has 2 aromatic carbocycles. The van der Waals surface area contributed by atoms with Gasteiger partial charge in [0.25, 0.3) is 0 Å². The number of nitrogens with one attached hydrogen (secondary N) is 1. The Kier molecular flexibility index (Phi) is 4.93. The lowest BCUT2D eigenvalue weighted by atomic mass is 10.1.